The number of anilines is 1. The van der Waals surface area contributed by atoms with Crippen molar-refractivity contribution in [1.29, 1.82) is 0 Å². The van der Waals surface area contributed by atoms with E-state index in [1.54, 1.807) is 25.1 Å². The van der Waals surface area contributed by atoms with E-state index in [0.29, 0.717) is 16.3 Å². The first-order valence-electron chi connectivity index (χ1n) is 8.63. The monoisotopic (exact) mass is 420 g/mol. The highest BCUT2D eigenvalue weighted by Gasteiger charge is 2.28. The van der Waals surface area contributed by atoms with Gasteiger partial charge in [-0.2, -0.15) is 0 Å². The Balaban J connectivity index is 2.19. The second kappa shape index (κ2) is 9.74. The number of hydrogen-bond donors (Lipinski definition) is 3. The van der Waals surface area contributed by atoms with Gasteiger partial charge in [0.15, 0.2) is 0 Å². The molecule has 2 aromatic rings. The van der Waals surface area contributed by atoms with Crippen molar-refractivity contribution in [2.24, 2.45) is 11.7 Å². The van der Waals surface area contributed by atoms with Crippen molar-refractivity contribution < 1.29 is 19.1 Å². The van der Waals surface area contributed by atoms with E-state index in [2.05, 4.69) is 10.3 Å². The van der Waals surface area contributed by atoms with Gasteiger partial charge in [-0.05, 0) is 36.2 Å². The third-order valence-electron chi connectivity index (χ3n) is 4.05. The molecule has 0 bridgehead atoms. The van der Waals surface area contributed by atoms with E-state index >= 15 is 0 Å². The fraction of sp³-hybridized carbons (Fsp3) is 0.263. The van der Waals surface area contributed by atoms with Gasteiger partial charge in [0.25, 0.3) is 0 Å². The number of pyridine rings is 1. The molecular weight excluding hydrogens is 400 g/mol. The Bertz CT molecular complexity index is 955. The van der Waals surface area contributed by atoms with E-state index in [-0.39, 0.29) is 17.7 Å². The lowest BCUT2D eigenvalue weighted by atomic mass is 9.99. The lowest BCUT2D eigenvalue weighted by molar-refractivity contribution is -0.135. The summed E-state index contributed by atoms with van der Waals surface area (Å²) < 4.78 is 5.28. The highest BCUT2D eigenvalue weighted by molar-refractivity contribution is 6.30. The highest BCUT2D eigenvalue weighted by Crippen LogP contribution is 2.26. The topological polar surface area (TPSA) is 135 Å². The van der Waals surface area contributed by atoms with E-state index in [0.717, 1.165) is 4.90 Å². The van der Waals surface area contributed by atoms with Crippen LogP contribution in [0, 0.1) is 5.92 Å². The third-order valence-corrected chi connectivity index (χ3v) is 4.29. The number of primary amides is 1. The zero-order valence-corrected chi connectivity index (χ0v) is 16.7. The predicted molar refractivity (Wildman–Crippen MR) is 108 cm³/mol. The number of H-pyrrole nitrogens is 1. The number of carbonyl (C=O) groups excluding carboxylic acids is 3. The molecule has 0 saturated carbocycles. The average Bonchev–Trinajstić information content (AvgIpc) is 2.67. The number of nitrogens with zero attached hydrogens (tertiary/aromatic N) is 1. The summed E-state index contributed by atoms with van der Waals surface area (Å²) in [6.07, 6.45) is 1.50. The predicted octanol–water partition coefficient (Wildman–Crippen LogP) is 1.76. The van der Waals surface area contributed by atoms with Crippen LogP contribution in [-0.2, 0) is 16.0 Å². The Morgan fingerprint density at radius 3 is 2.59 bits per heavy atom. The molecule has 0 aliphatic heterocycles. The van der Waals surface area contributed by atoms with Gasteiger partial charge in [0.1, 0.15) is 12.3 Å². The first-order chi connectivity index (χ1) is 13.7. The number of ether oxygens (including phenoxy) is 1. The summed E-state index contributed by atoms with van der Waals surface area (Å²) in [6.45, 7) is 1.02. The van der Waals surface area contributed by atoms with Gasteiger partial charge in [0, 0.05) is 23.2 Å². The second-order valence-corrected chi connectivity index (χ2v) is 6.76. The number of rotatable bonds is 7. The molecule has 1 atom stereocenters. The molecule has 4 N–H and O–H groups in total. The summed E-state index contributed by atoms with van der Waals surface area (Å²) in [7, 11) is 1.50. The minimum Gasteiger partial charge on any atom is -0.496 e. The standard InChI is InChI=1S/C19H21ClN4O5/c1-11(7-12-8-13(20)3-5-15(12)29-2)18(27)24(10-16(21)25)19(28)23-14-4-6-17(26)22-9-14/h3-6,8-9,11H,7,10H2,1-2H3,(H2,21,25)(H,22,26)(H,23,28). The van der Waals surface area contributed by atoms with Gasteiger partial charge in [-0.15, -0.1) is 0 Å². The van der Waals surface area contributed by atoms with Gasteiger partial charge >= 0.3 is 6.03 Å². The van der Waals surface area contributed by atoms with E-state index in [4.69, 9.17) is 22.1 Å². The number of hydrogen-bond acceptors (Lipinski definition) is 5. The van der Waals surface area contributed by atoms with E-state index in [1.165, 1.54) is 25.4 Å². The van der Waals surface area contributed by atoms with Crippen LogP contribution in [0.15, 0.2) is 41.3 Å². The molecule has 1 unspecified atom stereocenters. The Morgan fingerprint density at radius 2 is 2.00 bits per heavy atom. The molecule has 0 aliphatic rings. The van der Waals surface area contributed by atoms with Crippen molar-refractivity contribution in [1.82, 2.24) is 9.88 Å². The normalized spacial score (nSPS) is 11.4. The number of nitrogens with one attached hydrogen (secondary N) is 2. The van der Waals surface area contributed by atoms with Gasteiger partial charge in [-0.25, -0.2) is 4.79 Å². The van der Waals surface area contributed by atoms with Crippen LogP contribution < -0.4 is 21.3 Å². The van der Waals surface area contributed by atoms with E-state index in [1.807, 2.05) is 0 Å². The number of aromatic amines is 1. The van der Waals surface area contributed by atoms with E-state index in [9.17, 15) is 19.2 Å². The SMILES string of the molecule is COc1ccc(Cl)cc1CC(C)C(=O)N(CC(N)=O)C(=O)Nc1ccc(=O)[nH]c1. The average molecular weight is 421 g/mol. The minimum atomic E-state index is -0.845. The number of imide groups is 1. The van der Waals surface area contributed by atoms with Crippen LogP contribution in [-0.4, -0.2) is 41.4 Å². The lowest BCUT2D eigenvalue weighted by Gasteiger charge is -2.23. The van der Waals surface area contributed by atoms with Crippen LogP contribution >= 0.6 is 11.6 Å². The molecule has 0 fully saturated rings. The van der Waals surface area contributed by atoms with Gasteiger partial charge in [-0.1, -0.05) is 18.5 Å². The maximum atomic E-state index is 12.9. The van der Waals surface area contributed by atoms with Crippen molar-refractivity contribution in [3.8, 4) is 5.75 Å². The molecule has 9 nitrogen and oxygen atoms in total. The maximum absolute atomic E-state index is 12.9. The third kappa shape index (κ3) is 6.08. The van der Waals surface area contributed by atoms with Gasteiger partial charge in [0.05, 0.1) is 12.8 Å². The summed E-state index contributed by atoms with van der Waals surface area (Å²) >= 11 is 6.02. The smallest absolute Gasteiger partial charge is 0.329 e. The molecule has 154 valence electrons. The van der Waals surface area contributed by atoms with Crippen molar-refractivity contribution >= 4 is 35.1 Å². The summed E-state index contributed by atoms with van der Waals surface area (Å²) in [4.78, 5) is 51.1. The summed E-state index contributed by atoms with van der Waals surface area (Å²) in [5.74, 6) is -1.58. The molecule has 2 rings (SSSR count). The molecule has 0 spiro atoms. The fourth-order valence-electron chi connectivity index (χ4n) is 2.67. The number of benzene rings is 1. The molecule has 0 aliphatic carbocycles. The number of methoxy groups -OCH3 is 1. The Kier molecular flexibility index (Phi) is 7.38. The van der Waals surface area contributed by atoms with Crippen LogP contribution in [0.1, 0.15) is 12.5 Å². The van der Waals surface area contributed by atoms with Crippen LogP contribution in [0.5, 0.6) is 5.75 Å². The molecule has 0 radical (unpaired) electrons. The quantitative estimate of drug-likeness (QED) is 0.627. The van der Waals surface area contributed by atoms with Gasteiger partial charge in [-0.3, -0.25) is 19.3 Å². The summed E-state index contributed by atoms with van der Waals surface area (Å²) in [5.41, 5.74) is 5.79. The van der Waals surface area contributed by atoms with Crippen LogP contribution in [0.4, 0.5) is 10.5 Å². The van der Waals surface area contributed by atoms with Crippen LogP contribution in [0.2, 0.25) is 5.02 Å². The number of amides is 4. The summed E-state index contributed by atoms with van der Waals surface area (Å²) in [6, 6.07) is 6.74. The first kappa shape index (κ1) is 22.0. The molecule has 1 heterocycles. The molecule has 1 aromatic heterocycles. The number of carbonyl (C=O) groups is 3. The second-order valence-electron chi connectivity index (χ2n) is 6.32. The van der Waals surface area contributed by atoms with Gasteiger partial charge in [0.2, 0.25) is 17.4 Å². The van der Waals surface area contributed by atoms with Gasteiger partial charge < -0.3 is 20.8 Å². The maximum Gasteiger partial charge on any atom is 0.329 e. The molecule has 4 amide bonds. The molecule has 10 heteroatoms. The number of nitrogens with two attached hydrogens (primary N) is 1. The Hall–Kier alpha value is -3.33. The fourth-order valence-corrected chi connectivity index (χ4v) is 2.87. The van der Waals surface area contributed by atoms with Crippen LogP contribution in [0.25, 0.3) is 0 Å². The molecule has 0 saturated heterocycles. The highest BCUT2D eigenvalue weighted by atomic mass is 35.5. The van der Waals surface area contributed by atoms with Crippen molar-refractivity contribution in [3.63, 3.8) is 0 Å². The lowest BCUT2D eigenvalue weighted by Crippen LogP contribution is -2.47. The largest absolute Gasteiger partial charge is 0.496 e. The molecule has 29 heavy (non-hydrogen) atoms. The minimum absolute atomic E-state index is 0.226. The number of aromatic nitrogens is 1. The zero-order valence-electron chi connectivity index (χ0n) is 15.9. The van der Waals surface area contributed by atoms with E-state index < -0.39 is 30.3 Å². The van der Waals surface area contributed by atoms with Crippen molar-refractivity contribution in [3.05, 3.63) is 57.5 Å². The zero-order chi connectivity index (χ0) is 21.6. The number of urea groups is 1. The van der Waals surface area contributed by atoms with Crippen molar-refractivity contribution in [2.75, 3.05) is 19.0 Å². The summed E-state index contributed by atoms with van der Waals surface area (Å²) in [5, 5.41) is 2.93. The Labute approximate surface area is 171 Å². The molecular formula is C19H21ClN4O5. The van der Waals surface area contributed by atoms with Crippen molar-refractivity contribution in [2.45, 2.75) is 13.3 Å². The number of halogens is 1. The van der Waals surface area contributed by atoms with Crippen LogP contribution in [0.3, 0.4) is 0 Å². The Morgan fingerprint density at radius 1 is 1.28 bits per heavy atom. The molecule has 1 aromatic carbocycles. The first-order valence-corrected chi connectivity index (χ1v) is 9.01.